The summed E-state index contributed by atoms with van der Waals surface area (Å²) in [6, 6.07) is 2.85. The number of anilines is 2. The van der Waals surface area contributed by atoms with Crippen molar-refractivity contribution in [1.29, 1.82) is 5.26 Å². The lowest BCUT2D eigenvalue weighted by molar-refractivity contribution is -0.128. The van der Waals surface area contributed by atoms with Crippen LogP contribution < -0.4 is 21.5 Å². The Balaban J connectivity index is 1.91. The number of hydrogen-bond acceptors (Lipinski definition) is 7. The van der Waals surface area contributed by atoms with Crippen molar-refractivity contribution in [2.24, 2.45) is 5.92 Å². The molecule has 0 aliphatic carbocycles. The van der Waals surface area contributed by atoms with E-state index in [0.29, 0.717) is 23.2 Å². The summed E-state index contributed by atoms with van der Waals surface area (Å²) >= 11 is 19.0. The van der Waals surface area contributed by atoms with E-state index in [2.05, 4.69) is 18.0 Å². The number of amides is 1. The van der Waals surface area contributed by atoms with Crippen molar-refractivity contribution in [2.45, 2.75) is 39.8 Å². The lowest BCUT2D eigenvalue weighted by atomic mass is 9.94. The number of dihydropyridines is 1. The summed E-state index contributed by atoms with van der Waals surface area (Å²) in [5, 5.41) is 12.8. The molecule has 1 unspecified atom stereocenters. The first-order valence-electron chi connectivity index (χ1n) is 14.4. The van der Waals surface area contributed by atoms with E-state index in [1.807, 2.05) is 32.6 Å². The number of rotatable bonds is 5. The molecule has 2 aliphatic rings. The number of benzene rings is 1. The second-order valence-electron chi connectivity index (χ2n) is 11.5. The molecular formula is C32H30Cl3F2N7O2. The molecule has 0 radical (unpaired) electrons. The van der Waals surface area contributed by atoms with Crippen LogP contribution in [0.25, 0.3) is 28.0 Å². The van der Waals surface area contributed by atoms with Crippen molar-refractivity contribution in [3.05, 3.63) is 79.2 Å². The minimum atomic E-state index is -1.43. The maximum Gasteiger partial charge on any atom is 0.276 e. The lowest BCUT2D eigenvalue weighted by Gasteiger charge is -2.41. The summed E-state index contributed by atoms with van der Waals surface area (Å²) in [6.07, 6.45) is 4.79. The Morgan fingerprint density at radius 1 is 1.24 bits per heavy atom. The fourth-order valence-corrected chi connectivity index (χ4v) is 6.81. The summed E-state index contributed by atoms with van der Waals surface area (Å²) in [5.41, 5.74) is 5.36. The molecule has 1 amide bonds. The average Bonchev–Trinajstić information content (AvgIpc) is 3.02. The molecule has 2 atom stereocenters. The number of aromatic nitrogens is 2. The van der Waals surface area contributed by atoms with E-state index < -0.39 is 38.5 Å². The number of hydrogen-bond donors (Lipinski definition) is 2. The van der Waals surface area contributed by atoms with Crippen LogP contribution in [0, 0.1) is 28.9 Å². The Bertz CT molecular complexity index is 1950. The molecule has 3 aromatic rings. The van der Waals surface area contributed by atoms with Crippen LogP contribution >= 0.6 is 34.8 Å². The largest absolute Gasteiger partial charge is 0.396 e. The maximum atomic E-state index is 15.5. The second kappa shape index (κ2) is 12.6. The van der Waals surface area contributed by atoms with Gasteiger partial charge in [-0.1, -0.05) is 55.2 Å². The number of nitriles is 1. The van der Waals surface area contributed by atoms with Crippen molar-refractivity contribution in [3.63, 3.8) is 0 Å². The Morgan fingerprint density at radius 3 is 2.54 bits per heavy atom. The lowest BCUT2D eigenvalue weighted by Crippen LogP contribution is -2.54. The highest BCUT2D eigenvalue weighted by atomic mass is 35.5. The molecule has 0 saturated carbocycles. The third-order valence-electron chi connectivity index (χ3n) is 8.34. The van der Waals surface area contributed by atoms with Gasteiger partial charge < -0.3 is 20.9 Å². The smallest absolute Gasteiger partial charge is 0.276 e. The molecule has 1 aromatic carbocycles. The molecule has 46 heavy (non-hydrogen) atoms. The number of carbonyl (C=O) groups is 1. The van der Waals surface area contributed by atoms with Crippen molar-refractivity contribution in [1.82, 2.24) is 19.8 Å². The van der Waals surface area contributed by atoms with E-state index in [-0.39, 0.29) is 64.6 Å². The monoisotopic (exact) mass is 687 g/mol. The van der Waals surface area contributed by atoms with Crippen molar-refractivity contribution in [2.75, 3.05) is 30.3 Å². The third-order valence-corrected chi connectivity index (χ3v) is 9.39. The topological polar surface area (TPSA) is 120 Å². The van der Waals surface area contributed by atoms with Gasteiger partial charge in [-0.3, -0.25) is 14.2 Å². The quantitative estimate of drug-likeness (QED) is 0.139. The van der Waals surface area contributed by atoms with E-state index in [1.54, 1.807) is 17.2 Å². The zero-order valence-electron chi connectivity index (χ0n) is 25.4. The molecule has 0 bridgehead atoms. The zero-order valence-corrected chi connectivity index (χ0v) is 27.7. The number of pyridine rings is 2. The van der Waals surface area contributed by atoms with E-state index in [1.165, 1.54) is 16.7 Å². The van der Waals surface area contributed by atoms with Crippen molar-refractivity contribution >= 4 is 68.8 Å². The number of fused-ring (bicyclic) bond motifs is 1. The summed E-state index contributed by atoms with van der Waals surface area (Å²) in [4.78, 5) is 35.1. The number of nitrogens with two attached hydrogens (primary N) is 1. The predicted octanol–water partition coefficient (Wildman–Crippen LogP) is 6.35. The molecular weight excluding hydrogens is 659 g/mol. The number of piperazine rings is 1. The van der Waals surface area contributed by atoms with E-state index >= 15 is 4.39 Å². The van der Waals surface area contributed by atoms with E-state index in [9.17, 15) is 19.2 Å². The number of nitrogens with zero attached hydrogens (tertiary/aromatic N) is 5. The molecule has 1 saturated heterocycles. The molecule has 240 valence electrons. The highest BCUT2D eigenvalue weighted by molar-refractivity contribution is 6.41. The first kappa shape index (κ1) is 33.3. The predicted molar refractivity (Wildman–Crippen MR) is 179 cm³/mol. The SMILES string of the molecule is C=CC(=O)N1CCN(c2c(C#N)c(=O)n(C3=C(C)C=CNC3C(C)C)c3nc(-c4c(F)c(F)c(Cl)c(N)c4Cl)c(Cl)cc23)C[C@H]1C. The fourth-order valence-electron chi connectivity index (χ4n) is 6.07. The second-order valence-corrected chi connectivity index (χ2v) is 12.7. The Labute approximate surface area is 279 Å². The fraction of sp³-hybridized carbons (Fsp3) is 0.312. The van der Waals surface area contributed by atoms with Gasteiger partial charge in [-0.25, -0.2) is 13.8 Å². The van der Waals surface area contributed by atoms with E-state index in [0.717, 1.165) is 0 Å². The first-order valence-corrected chi connectivity index (χ1v) is 15.5. The number of carbonyl (C=O) groups excluding carboxylic acids is 1. The van der Waals surface area contributed by atoms with Crippen LogP contribution in [-0.2, 0) is 4.79 Å². The molecule has 1 fully saturated rings. The Kier molecular flexibility index (Phi) is 9.10. The van der Waals surface area contributed by atoms with Gasteiger partial charge in [0.15, 0.2) is 11.6 Å². The maximum absolute atomic E-state index is 15.5. The number of allylic oxidation sites excluding steroid dienone is 2. The van der Waals surface area contributed by atoms with Gasteiger partial charge in [-0.15, -0.1) is 0 Å². The van der Waals surface area contributed by atoms with Crippen molar-refractivity contribution in [3.8, 4) is 17.3 Å². The molecule has 2 aliphatic heterocycles. The standard InChI is InChI=1S/C32H30Cl3F2N7O2/c1-6-20(45)43-10-9-42(13-16(43)5)30-17-11-19(33)28(21-22(34)26(39)23(35)25(37)24(21)36)41-31(17)44(32(46)18(30)12-38)29-15(4)7-8-40-27(29)14(2)3/h6-8,11,14,16,27,40H,1,9-10,13,39H2,2-5H3/t16-,27?/m1/s1. The summed E-state index contributed by atoms with van der Waals surface area (Å²) in [7, 11) is 0. The number of nitrogens with one attached hydrogen (secondary N) is 1. The minimum Gasteiger partial charge on any atom is -0.396 e. The van der Waals surface area contributed by atoms with Gasteiger partial charge in [0.05, 0.1) is 44.4 Å². The summed E-state index contributed by atoms with van der Waals surface area (Å²) in [6.45, 7) is 12.0. The molecule has 0 spiro atoms. The normalized spacial score (nSPS) is 18.3. The van der Waals surface area contributed by atoms with Gasteiger partial charge in [0.1, 0.15) is 22.3 Å². The van der Waals surface area contributed by atoms with Crippen LogP contribution in [0.2, 0.25) is 15.1 Å². The van der Waals surface area contributed by atoms with Gasteiger partial charge in [0, 0.05) is 31.1 Å². The first-order chi connectivity index (χ1) is 21.7. The summed E-state index contributed by atoms with van der Waals surface area (Å²) in [5.74, 6) is -3.12. The van der Waals surface area contributed by atoms with Crippen LogP contribution in [0.5, 0.6) is 0 Å². The average molecular weight is 689 g/mol. The summed E-state index contributed by atoms with van der Waals surface area (Å²) < 4.78 is 31.7. The zero-order chi connectivity index (χ0) is 33.8. The van der Waals surface area contributed by atoms with Crippen LogP contribution in [0.3, 0.4) is 0 Å². The third kappa shape index (κ3) is 5.28. The van der Waals surface area contributed by atoms with Gasteiger partial charge in [0.25, 0.3) is 5.56 Å². The molecule has 2 aromatic heterocycles. The van der Waals surface area contributed by atoms with Crippen LogP contribution in [-0.4, -0.2) is 52.1 Å². The molecule has 9 nitrogen and oxygen atoms in total. The number of nitrogen functional groups attached to an aromatic ring is 1. The van der Waals surface area contributed by atoms with Crippen molar-refractivity contribution < 1.29 is 13.6 Å². The minimum absolute atomic E-state index is 0.0251. The Hall–Kier alpha value is -4.11. The van der Waals surface area contributed by atoms with Gasteiger partial charge in [-0.2, -0.15) is 5.26 Å². The van der Waals surface area contributed by atoms with E-state index in [4.69, 9.17) is 45.5 Å². The van der Waals surface area contributed by atoms with Crippen LogP contribution in [0.15, 0.2) is 41.4 Å². The molecule has 3 N–H and O–H groups in total. The van der Waals surface area contributed by atoms with Gasteiger partial charge in [0.2, 0.25) is 5.91 Å². The Morgan fingerprint density at radius 2 is 1.93 bits per heavy atom. The molecule has 4 heterocycles. The molecule has 14 heteroatoms. The highest BCUT2D eigenvalue weighted by Gasteiger charge is 2.34. The van der Waals surface area contributed by atoms with Crippen LogP contribution in [0.4, 0.5) is 20.2 Å². The highest BCUT2D eigenvalue weighted by Crippen LogP contribution is 2.44. The van der Waals surface area contributed by atoms with Crippen LogP contribution in [0.1, 0.15) is 33.3 Å². The van der Waals surface area contributed by atoms with Gasteiger partial charge >= 0.3 is 0 Å². The molecule has 5 rings (SSSR count). The number of halogens is 5. The van der Waals surface area contributed by atoms with Gasteiger partial charge in [-0.05, 0) is 49.8 Å².